The Kier molecular flexibility index (Phi) is 5.61. The summed E-state index contributed by atoms with van der Waals surface area (Å²) in [6.45, 7) is 2.09. The Hall–Kier alpha value is -3.65. The van der Waals surface area contributed by atoms with E-state index in [2.05, 4.69) is 5.32 Å². The van der Waals surface area contributed by atoms with Gasteiger partial charge in [-0.05, 0) is 42.8 Å². The number of halogens is 1. The SMILES string of the molecule is Cc1ccc2c(c1)C1(SCC(=O)N1c1ccc(F)cc1)C(=O)N2CC(=O)NCc1ccccc1. The van der Waals surface area contributed by atoms with E-state index in [1.165, 1.54) is 45.8 Å². The zero-order chi connectivity index (χ0) is 23.9. The summed E-state index contributed by atoms with van der Waals surface area (Å²) < 4.78 is 13.6. The molecule has 3 aromatic rings. The van der Waals surface area contributed by atoms with Crippen molar-refractivity contribution >= 4 is 40.9 Å². The summed E-state index contributed by atoms with van der Waals surface area (Å²) in [5, 5.41) is 2.86. The third kappa shape index (κ3) is 3.64. The number of anilines is 2. The molecule has 1 saturated heterocycles. The van der Waals surface area contributed by atoms with Gasteiger partial charge in [-0.1, -0.05) is 48.0 Å². The summed E-state index contributed by atoms with van der Waals surface area (Å²) >= 11 is 1.23. The van der Waals surface area contributed by atoms with Crippen LogP contribution >= 0.6 is 11.8 Å². The molecule has 1 unspecified atom stereocenters. The van der Waals surface area contributed by atoms with Gasteiger partial charge in [0, 0.05) is 17.8 Å². The van der Waals surface area contributed by atoms with E-state index in [1.807, 2.05) is 55.5 Å². The average molecular weight is 476 g/mol. The van der Waals surface area contributed by atoms with Crippen molar-refractivity contribution in [2.75, 3.05) is 22.1 Å². The summed E-state index contributed by atoms with van der Waals surface area (Å²) in [4.78, 5) is 41.3. The minimum absolute atomic E-state index is 0.102. The lowest BCUT2D eigenvalue weighted by Gasteiger charge is -2.33. The summed E-state index contributed by atoms with van der Waals surface area (Å²) in [5.74, 6) is -1.23. The largest absolute Gasteiger partial charge is 0.350 e. The van der Waals surface area contributed by atoms with Crippen molar-refractivity contribution in [3.8, 4) is 0 Å². The Bertz CT molecular complexity index is 1280. The number of thioether (sulfide) groups is 1. The molecule has 1 fully saturated rings. The average Bonchev–Trinajstić information content (AvgIpc) is 3.29. The van der Waals surface area contributed by atoms with Crippen LogP contribution in [-0.2, 0) is 25.8 Å². The normalized spacial score (nSPS) is 19.1. The molecule has 0 radical (unpaired) electrons. The van der Waals surface area contributed by atoms with Crippen LogP contribution in [0, 0.1) is 12.7 Å². The van der Waals surface area contributed by atoms with Crippen LogP contribution in [0.1, 0.15) is 16.7 Å². The van der Waals surface area contributed by atoms with Crippen molar-refractivity contribution < 1.29 is 18.8 Å². The van der Waals surface area contributed by atoms with Crippen LogP contribution in [0.15, 0.2) is 72.8 Å². The lowest BCUT2D eigenvalue weighted by atomic mass is 10.0. The molecular weight excluding hydrogens is 453 g/mol. The molecule has 0 saturated carbocycles. The fourth-order valence-electron chi connectivity index (χ4n) is 4.46. The Balaban J connectivity index is 1.49. The van der Waals surface area contributed by atoms with E-state index in [0.29, 0.717) is 23.5 Å². The molecule has 1 spiro atoms. The quantitative estimate of drug-likeness (QED) is 0.611. The monoisotopic (exact) mass is 475 g/mol. The van der Waals surface area contributed by atoms with Gasteiger partial charge in [-0.2, -0.15) is 0 Å². The molecule has 0 bridgehead atoms. The van der Waals surface area contributed by atoms with Crippen LogP contribution in [0.25, 0.3) is 0 Å². The molecular formula is C26H22FN3O3S. The molecule has 3 aromatic carbocycles. The number of fused-ring (bicyclic) bond motifs is 2. The number of aryl methyl sites for hydroxylation is 1. The van der Waals surface area contributed by atoms with Crippen molar-refractivity contribution in [3.63, 3.8) is 0 Å². The number of hydrogen-bond donors (Lipinski definition) is 1. The first-order valence-electron chi connectivity index (χ1n) is 10.9. The van der Waals surface area contributed by atoms with E-state index in [0.717, 1.165) is 11.1 Å². The van der Waals surface area contributed by atoms with E-state index in [-0.39, 0.29) is 30.0 Å². The predicted octanol–water partition coefficient (Wildman–Crippen LogP) is 3.73. The van der Waals surface area contributed by atoms with Crippen LogP contribution in [0.2, 0.25) is 0 Å². The molecule has 3 amide bonds. The lowest BCUT2D eigenvalue weighted by Crippen LogP contribution is -2.51. The predicted molar refractivity (Wildman–Crippen MR) is 130 cm³/mol. The molecule has 0 aliphatic carbocycles. The molecule has 8 heteroatoms. The number of hydrogen-bond acceptors (Lipinski definition) is 4. The van der Waals surface area contributed by atoms with Gasteiger partial charge >= 0.3 is 0 Å². The first-order valence-corrected chi connectivity index (χ1v) is 11.8. The minimum atomic E-state index is -1.34. The zero-order valence-electron chi connectivity index (χ0n) is 18.5. The van der Waals surface area contributed by atoms with Gasteiger partial charge in [0.25, 0.3) is 5.91 Å². The Morgan fingerprint density at radius 3 is 2.53 bits per heavy atom. The maximum absolute atomic E-state index is 14.0. The molecule has 2 heterocycles. The van der Waals surface area contributed by atoms with Gasteiger partial charge in [-0.3, -0.25) is 24.2 Å². The highest BCUT2D eigenvalue weighted by molar-refractivity contribution is 8.02. The summed E-state index contributed by atoms with van der Waals surface area (Å²) in [5.41, 5.74) is 3.58. The molecule has 5 rings (SSSR count). The highest BCUT2D eigenvalue weighted by Crippen LogP contribution is 2.55. The topological polar surface area (TPSA) is 69.7 Å². The van der Waals surface area contributed by atoms with Crippen molar-refractivity contribution in [2.45, 2.75) is 18.3 Å². The molecule has 172 valence electrons. The Labute approximate surface area is 200 Å². The van der Waals surface area contributed by atoms with Crippen LogP contribution < -0.4 is 15.1 Å². The molecule has 1 N–H and O–H groups in total. The zero-order valence-corrected chi connectivity index (χ0v) is 19.3. The molecule has 2 aliphatic heterocycles. The third-order valence-electron chi connectivity index (χ3n) is 6.03. The Morgan fingerprint density at radius 1 is 1.06 bits per heavy atom. The number of carbonyl (C=O) groups excluding carboxylic acids is 3. The highest BCUT2D eigenvalue weighted by atomic mass is 32.2. The maximum atomic E-state index is 14.0. The second-order valence-electron chi connectivity index (χ2n) is 8.31. The van der Waals surface area contributed by atoms with E-state index >= 15 is 0 Å². The number of amides is 3. The second kappa shape index (κ2) is 8.61. The smallest absolute Gasteiger partial charge is 0.269 e. The van der Waals surface area contributed by atoms with Gasteiger partial charge < -0.3 is 5.32 Å². The number of carbonyl (C=O) groups is 3. The van der Waals surface area contributed by atoms with Gasteiger partial charge in [0.05, 0.1) is 11.4 Å². The summed E-state index contributed by atoms with van der Waals surface area (Å²) in [7, 11) is 0. The fraction of sp³-hybridized carbons (Fsp3) is 0.192. The van der Waals surface area contributed by atoms with Gasteiger partial charge in [-0.25, -0.2) is 4.39 Å². The van der Waals surface area contributed by atoms with Crippen LogP contribution in [0.5, 0.6) is 0 Å². The second-order valence-corrected chi connectivity index (χ2v) is 9.48. The minimum Gasteiger partial charge on any atom is -0.350 e. The first kappa shape index (κ1) is 22.2. The summed E-state index contributed by atoms with van der Waals surface area (Å²) in [6, 6.07) is 20.6. The van der Waals surface area contributed by atoms with Gasteiger partial charge in [-0.15, -0.1) is 11.8 Å². The number of rotatable bonds is 5. The van der Waals surface area contributed by atoms with Gasteiger partial charge in [0.2, 0.25) is 16.7 Å². The summed E-state index contributed by atoms with van der Waals surface area (Å²) in [6.07, 6.45) is 0. The highest BCUT2D eigenvalue weighted by Gasteiger charge is 2.61. The van der Waals surface area contributed by atoms with Crippen molar-refractivity contribution in [1.29, 1.82) is 0 Å². The van der Waals surface area contributed by atoms with Crippen molar-refractivity contribution in [1.82, 2.24) is 5.32 Å². The van der Waals surface area contributed by atoms with Gasteiger partial charge in [0.15, 0.2) is 0 Å². The molecule has 1 atom stereocenters. The van der Waals surface area contributed by atoms with Crippen LogP contribution in [-0.4, -0.2) is 30.0 Å². The number of nitrogens with zero attached hydrogens (tertiary/aromatic N) is 2. The van der Waals surface area contributed by atoms with E-state index < -0.39 is 10.7 Å². The molecule has 0 aromatic heterocycles. The van der Waals surface area contributed by atoms with E-state index in [4.69, 9.17) is 0 Å². The first-order chi connectivity index (χ1) is 16.4. The molecule has 2 aliphatic rings. The fourth-order valence-corrected chi connectivity index (χ4v) is 5.81. The maximum Gasteiger partial charge on any atom is 0.269 e. The molecule has 6 nitrogen and oxygen atoms in total. The molecule has 34 heavy (non-hydrogen) atoms. The lowest BCUT2D eigenvalue weighted by molar-refractivity contribution is -0.125. The number of benzene rings is 3. The third-order valence-corrected chi connectivity index (χ3v) is 7.42. The van der Waals surface area contributed by atoms with Crippen LogP contribution in [0.3, 0.4) is 0 Å². The number of nitrogens with one attached hydrogen (secondary N) is 1. The van der Waals surface area contributed by atoms with E-state index in [9.17, 15) is 18.8 Å². The van der Waals surface area contributed by atoms with E-state index in [1.54, 1.807) is 0 Å². The van der Waals surface area contributed by atoms with Crippen LogP contribution in [0.4, 0.5) is 15.8 Å². The Morgan fingerprint density at radius 2 is 1.79 bits per heavy atom. The standard InChI is InChI=1S/C26H22FN3O3S/c1-17-7-12-22-21(13-17)26(30(24(32)16-34-26)20-10-8-19(27)9-11-20)25(33)29(22)15-23(31)28-14-18-5-3-2-4-6-18/h2-13H,14-16H2,1H3,(H,28,31). The van der Waals surface area contributed by atoms with Gasteiger partial charge in [0.1, 0.15) is 12.4 Å². The van der Waals surface area contributed by atoms with Crippen molar-refractivity contribution in [2.24, 2.45) is 0 Å². The van der Waals surface area contributed by atoms with Crippen molar-refractivity contribution in [3.05, 3.63) is 95.3 Å².